The summed E-state index contributed by atoms with van der Waals surface area (Å²) in [4.78, 5) is 22.7. The highest BCUT2D eigenvalue weighted by Gasteiger charge is 2.16. The molecule has 0 spiro atoms. The van der Waals surface area contributed by atoms with E-state index in [9.17, 15) is 4.79 Å². The van der Waals surface area contributed by atoms with Crippen molar-refractivity contribution in [2.75, 3.05) is 0 Å². The fourth-order valence-electron chi connectivity index (χ4n) is 3.57. The highest BCUT2D eigenvalue weighted by Crippen LogP contribution is 2.32. The van der Waals surface area contributed by atoms with Gasteiger partial charge in [0.1, 0.15) is 0 Å². The Morgan fingerprint density at radius 3 is 1.66 bits per heavy atom. The maximum Gasteiger partial charge on any atom is 0.193 e. The van der Waals surface area contributed by atoms with Crippen LogP contribution in [0.1, 0.15) is 15.9 Å². The van der Waals surface area contributed by atoms with E-state index in [0.29, 0.717) is 37.9 Å². The van der Waals surface area contributed by atoms with Gasteiger partial charge in [-0.25, -0.2) is 9.97 Å². The van der Waals surface area contributed by atoms with Gasteiger partial charge >= 0.3 is 0 Å². The quantitative estimate of drug-likeness (QED) is 0.264. The Bertz CT molecular complexity index is 1430. The van der Waals surface area contributed by atoms with Crippen LogP contribution < -0.4 is 0 Å². The number of aromatic nitrogens is 2. The normalized spacial score (nSPS) is 10.9. The fourth-order valence-corrected chi connectivity index (χ4v) is 3.82. The molecule has 0 aliphatic heterocycles. The monoisotopic (exact) mass is 454 g/mol. The minimum absolute atomic E-state index is 0.0517. The number of hydrogen-bond donors (Lipinski definition) is 0. The molecule has 5 heteroatoms. The van der Waals surface area contributed by atoms with Crippen molar-refractivity contribution in [3.63, 3.8) is 0 Å². The van der Waals surface area contributed by atoms with Crippen LogP contribution in [0.2, 0.25) is 10.0 Å². The zero-order valence-electron chi connectivity index (χ0n) is 16.8. The van der Waals surface area contributed by atoms with E-state index in [2.05, 4.69) is 0 Å². The van der Waals surface area contributed by atoms with Crippen LogP contribution in [0.5, 0.6) is 0 Å². The minimum Gasteiger partial charge on any atom is -0.289 e. The lowest BCUT2D eigenvalue weighted by atomic mass is 10.0. The molecule has 0 amide bonds. The maximum atomic E-state index is 12.9. The van der Waals surface area contributed by atoms with Gasteiger partial charge in [-0.2, -0.15) is 0 Å². The minimum atomic E-state index is -0.0517. The molecule has 0 saturated heterocycles. The van der Waals surface area contributed by atoms with Crippen LogP contribution in [-0.2, 0) is 0 Å². The van der Waals surface area contributed by atoms with Crippen LogP contribution >= 0.6 is 23.2 Å². The van der Waals surface area contributed by atoms with Gasteiger partial charge in [0.15, 0.2) is 5.78 Å². The number of carbonyl (C=O) groups is 1. The molecule has 0 radical (unpaired) electrons. The summed E-state index contributed by atoms with van der Waals surface area (Å²) in [6, 6.07) is 29.6. The SMILES string of the molecule is O=C(c1ccccc1)c1ccc2nc(-c3ccc(Cl)cc3)c(-c3ccc(Cl)cc3)nc2c1. The molecular formula is C27H16Cl2N2O. The first-order valence-electron chi connectivity index (χ1n) is 10.0. The van der Waals surface area contributed by atoms with Crippen molar-refractivity contribution in [2.24, 2.45) is 0 Å². The second-order valence-corrected chi connectivity index (χ2v) is 8.21. The number of ketones is 1. The lowest BCUT2D eigenvalue weighted by molar-refractivity contribution is 0.103. The molecule has 1 aromatic heterocycles. The third-order valence-corrected chi connectivity index (χ3v) is 5.70. The third-order valence-electron chi connectivity index (χ3n) is 5.20. The van der Waals surface area contributed by atoms with Gasteiger partial charge in [0.05, 0.1) is 22.4 Å². The molecule has 5 aromatic rings. The average Bonchev–Trinajstić information content (AvgIpc) is 2.84. The highest BCUT2D eigenvalue weighted by atomic mass is 35.5. The Labute approximate surface area is 195 Å². The molecule has 32 heavy (non-hydrogen) atoms. The van der Waals surface area contributed by atoms with Crippen LogP contribution in [0.15, 0.2) is 97.1 Å². The first-order chi connectivity index (χ1) is 15.6. The van der Waals surface area contributed by atoms with Crippen LogP contribution in [0.4, 0.5) is 0 Å². The number of benzene rings is 4. The van der Waals surface area contributed by atoms with Gasteiger partial charge in [-0.05, 0) is 42.5 Å². The van der Waals surface area contributed by atoms with E-state index in [4.69, 9.17) is 33.2 Å². The van der Waals surface area contributed by atoms with Gasteiger partial charge in [-0.3, -0.25) is 4.79 Å². The zero-order valence-corrected chi connectivity index (χ0v) is 18.3. The predicted octanol–water partition coefficient (Wildman–Crippen LogP) is 7.50. The molecule has 0 fully saturated rings. The second kappa shape index (κ2) is 8.54. The van der Waals surface area contributed by atoms with Crippen LogP contribution in [0, 0.1) is 0 Å². The topological polar surface area (TPSA) is 42.9 Å². The second-order valence-electron chi connectivity index (χ2n) is 7.33. The molecular weight excluding hydrogens is 439 g/mol. The predicted molar refractivity (Wildman–Crippen MR) is 130 cm³/mol. The van der Waals surface area contributed by atoms with E-state index in [0.717, 1.165) is 16.8 Å². The van der Waals surface area contributed by atoms with E-state index in [-0.39, 0.29) is 5.78 Å². The number of fused-ring (bicyclic) bond motifs is 1. The molecule has 0 unspecified atom stereocenters. The Kier molecular flexibility index (Phi) is 5.44. The van der Waals surface area contributed by atoms with Gasteiger partial charge in [0, 0.05) is 32.3 Å². The Hall–Kier alpha value is -3.53. The highest BCUT2D eigenvalue weighted by molar-refractivity contribution is 6.31. The zero-order chi connectivity index (χ0) is 22.1. The standard InChI is InChI=1S/C27H16Cl2N2O/c28-21-11-6-17(7-12-21)25-26(18-8-13-22(29)14-9-18)31-24-16-20(10-15-23(24)30-25)27(32)19-4-2-1-3-5-19/h1-16H. The average molecular weight is 455 g/mol. The summed E-state index contributed by atoms with van der Waals surface area (Å²) in [5.74, 6) is -0.0517. The first kappa shape index (κ1) is 20.4. The Morgan fingerprint density at radius 1 is 0.562 bits per heavy atom. The lowest BCUT2D eigenvalue weighted by Crippen LogP contribution is -2.02. The van der Waals surface area contributed by atoms with Crippen molar-refractivity contribution in [1.29, 1.82) is 0 Å². The van der Waals surface area contributed by atoms with Crippen molar-refractivity contribution >= 4 is 40.0 Å². The fraction of sp³-hybridized carbons (Fsp3) is 0. The van der Waals surface area contributed by atoms with Crippen molar-refractivity contribution < 1.29 is 4.79 Å². The largest absolute Gasteiger partial charge is 0.289 e. The molecule has 0 aliphatic carbocycles. The third kappa shape index (κ3) is 4.01. The van der Waals surface area contributed by atoms with E-state index in [1.807, 2.05) is 72.8 Å². The molecule has 0 N–H and O–H groups in total. The lowest BCUT2D eigenvalue weighted by Gasteiger charge is -2.12. The number of hydrogen-bond acceptors (Lipinski definition) is 3. The van der Waals surface area contributed by atoms with Crippen LogP contribution in [-0.4, -0.2) is 15.8 Å². The molecule has 5 rings (SSSR count). The summed E-state index contributed by atoms with van der Waals surface area (Å²) in [6.45, 7) is 0. The van der Waals surface area contributed by atoms with Crippen LogP contribution in [0.25, 0.3) is 33.5 Å². The molecule has 3 nitrogen and oxygen atoms in total. The van der Waals surface area contributed by atoms with Crippen molar-refractivity contribution in [3.8, 4) is 22.5 Å². The first-order valence-corrected chi connectivity index (χ1v) is 10.8. The van der Waals surface area contributed by atoms with Gasteiger partial charge in [-0.15, -0.1) is 0 Å². The van der Waals surface area contributed by atoms with Gasteiger partial charge < -0.3 is 0 Å². The summed E-state index contributed by atoms with van der Waals surface area (Å²) < 4.78 is 0. The number of rotatable bonds is 4. The van der Waals surface area contributed by atoms with Gasteiger partial charge in [-0.1, -0.05) is 77.8 Å². The summed E-state index contributed by atoms with van der Waals surface area (Å²) in [7, 11) is 0. The molecule has 0 saturated carbocycles. The van der Waals surface area contributed by atoms with Crippen molar-refractivity contribution in [2.45, 2.75) is 0 Å². The van der Waals surface area contributed by atoms with Gasteiger partial charge in [0.25, 0.3) is 0 Å². The maximum absolute atomic E-state index is 12.9. The summed E-state index contributed by atoms with van der Waals surface area (Å²) in [5, 5.41) is 1.30. The summed E-state index contributed by atoms with van der Waals surface area (Å²) in [5.41, 5.74) is 5.78. The molecule has 0 aliphatic rings. The number of halogens is 2. The van der Waals surface area contributed by atoms with E-state index >= 15 is 0 Å². The molecule has 1 heterocycles. The molecule has 154 valence electrons. The van der Waals surface area contributed by atoms with E-state index in [1.54, 1.807) is 24.3 Å². The van der Waals surface area contributed by atoms with E-state index in [1.165, 1.54) is 0 Å². The van der Waals surface area contributed by atoms with Crippen molar-refractivity contribution in [1.82, 2.24) is 9.97 Å². The van der Waals surface area contributed by atoms with Crippen LogP contribution in [0.3, 0.4) is 0 Å². The summed E-state index contributed by atoms with van der Waals surface area (Å²) >= 11 is 12.2. The van der Waals surface area contributed by atoms with E-state index < -0.39 is 0 Å². The number of nitrogens with zero attached hydrogens (tertiary/aromatic N) is 2. The smallest absolute Gasteiger partial charge is 0.193 e. The summed E-state index contributed by atoms with van der Waals surface area (Å²) in [6.07, 6.45) is 0. The number of carbonyl (C=O) groups excluding carboxylic acids is 1. The molecule has 0 atom stereocenters. The molecule has 0 bridgehead atoms. The van der Waals surface area contributed by atoms with Crippen molar-refractivity contribution in [3.05, 3.63) is 118 Å². The molecule has 4 aromatic carbocycles. The van der Waals surface area contributed by atoms with Gasteiger partial charge in [0.2, 0.25) is 0 Å². The Balaban J connectivity index is 1.69. The Morgan fingerprint density at radius 2 is 1.09 bits per heavy atom.